The molecule has 0 aliphatic heterocycles. The van der Waals surface area contributed by atoms with E-state index in [0.717, 1.165) is 93.2 Å². The first kappa shape index (κ1) is 67.0. The summed E-state index contributed by atoms with van der Waals surface area (Å²) in [4.78, 5) is 0. The Bertz CT molecular complexity index is 1940. The first-order valence-corrected chi connectivity index (χ1v) is 39.3. The van der Waals surface area contributed by atoms with Crippen LogP contribution in [0.2, 0.25) is 0 Å². The molecule has 0 aromatic carbocycles. The van der Waals surface area contributed by atoms with Crippen LogP contribution in [0.4, 0.5) is 0 Å². The van der Waals surface area contributed by atoms with Crippen molar-refractivity contribution in [1.82, 2.24) is 0 Å². The van der Waals surface area contributed by atoms with Crippen molar-refractivity contribution in [3.8, 4) is 0 Å². The zero-order chi connectivity index (χ0) is 72.0. The molecule has 0 radical (unpaired) electrons. The highest BCUT2D eigenvalue weighted by Crippen LogP contribution is 2.62. The van der Waals surface area contributed by atoms with E-state index in [-0.39, 0.29) is 17.2 Å². The molecule has 3 spiro atoms. The summed E-state index contributed by atoms with van der Waals surface area (Å²) in [6.07, 6.45) is 61.4. The molecule has 8 bridgehead atoms. The summed E-state index contributed by atoms with van der Waals surface area (Å²) in [5.41, 5.74) is 4.48. The van der Waals surface area contributed by atoms with Gasteiger partial charge in [0.05, 0.1) is 0 Å². The van der Waals surface area contributed by atoms with E-state index in [1.54, 1.807) is 163 Å². The van der Waals surface area contributed by atoms with Gasteiger partial charge in [0.1, 0.15) is 0 Å². The Morgan fingerprint density at radius 1 is 0.402 bits per heavy atom. The summed E-state index contributed by atoms with van der Waals surface area (Å²) in [5, 5.41) is 0. The van der Waals surface area contributed by atoms with Gasteiger partial charge in [-0.1, -0.05) is 275 Å². The first-order valence-electron chi connectivity index (χ1n) is 43.3. The van der Waals surface area contributed by atoms with Gasteiger partial charge in [0, 0.05) is 11.0 Å². The summed E-state index contributed by atoms with van der Waals surface area (Å²) in [6, 6.07) is 0. The van der Waals surface area contributed by atoms with E-state index in [0.29, 0.717) is 10.8 Å². The second-order valence-corrected chi connectivity index (χ2v) is 39.8. The van der Waals surface area contributed by atoms with E-state index in [1.807, 2.05) is 41.5 Å². The number of hydrogen-bond donors (Lipinski definition) is 0. The molecule has 0 unspecified atom stereocenters. The monoisotopic (exact) mass is 1220 g/mol. The third-order valence-electron chi connectivity index (χ3n) is 25.3. The highest BCUT2D eigenvalue weighted by molar-refractivity contribution is 5.01. The van der Waals surface area contributed by atoms with Gasteiger partial charge in [0.15, 0.2) is 0 Å². The van der Waals surface area contributed by atoms with Crippen LogP contribution in [-0.2, 0) is 0 Å². The number of hydrogen-bond acceptors (Lipinski definition) is 0. The fourth-order valence-electron chi connectivity index (χ4n) is 19.8. The normalized spacial score (nSPS) is 35.4. The Morgan fingerprint density at radius 3 is 0.885 bits per heavy atom. The van der Waals surface area contributed by atoms with Crippen LogP contribution in [0.1, 0.15) is 453 Å². The standard InChI is InChI=1S/C14H26.C12H20.C12H22.C11H18.C11H20.C6H12.C6H14.3C5H12/c1-12-4-6-14(7-5-12)10-8-13(2,3)9-11-14;1-2-12-6-9-3-10(7-12)5-11(4-9)8-12;1-11-5-9-12(10-6-11)7-3-2-4-8-12;1-11-5-8-2-9(6-11)4-10(3-8)7-11;1-10-4-8-11(9-5-10)6-2-3-7-11;1-6-4-2-3-5-6;1-5-6(2,3)4;2*1-5(2,3)4;1-4-5(2)3/h12H,4-11H2,1-3H3;9-11H,2-8H2,1H3;11H,2-10H2,1H3;8-10H,2-7H2,1H3;10H,2-9H2,1H3;6H,2-5H2,1H3;5H2,1-4H3;2*1-4H3;5H,4H2,1-3H3/i;;;;;6D;5D2;1D3;;4D2. The fourth-order valence-corrected chi connectivity index (χ4v) is 19.8. The second kappa shape index (κ2) is 36.2. The molecule has 0 amide bonds. The van der Waals surface area contributed by atoms with Crippen LogP contribution in [0.5, 0.6) is 0 Å². The van der Waals surface area contributed by atoms with Crippen molar-refractivity contribution < 1.29 is 11.0 Å². The summed E-state index contributed by atoms with van der Waals surface area (Å²) >= 11 is 0. The van der Waals surface area contributed by atoms with Gasteiger partial charge in [-0.05, 0) is 281 Å². The van der Waals surface area contributed by atoms with Crippen LogP contribution in [0.25, 0.3) is 0 Å². The van der Waals surface area contributed by atoms with Crippen molar-refractivity contribution in [2.24, 2.45) is 114 Å². The molecule has 15 aliphatic rings. The van der Waals surface area contributed by atoms with Crippen molar-refractivity contribution in [2.45, 2.75) is 442 Å². The third kappa shape index (κ3) is 31.9. The average Bonchev–Trinajstić information content (AvgIpc) is 1.34. The minimum atomic E-state index is -1.81. The summed E-state index contributed by atoms with van der Waals surface area (Å²) in [7, 11) is 0. The van der Waals surface area contributed by atoms with E-state index in [1.165, 1.54) is 128 Å². The topological polar surface area (TPSA) is 0 Å². The molecular weight excluding hydrogens is 1040 g/mol. The van der Waals surface area contributed by atoms with Gasteiger partial charge in [-0.2, -0.15) is 0 Å². The lowest BCUT2D eigenvalue weighted by molar-refractivity contribution is -0.0545. The van der Waals surface area contributed by atoms with Gasteiger partial charge in [-0.25, -0.2) is 0 Å². The molecule has 0 aromatic rings. The van der Waals surface area contributed by atoms with Crippen molar-refractivity contribution in [1.29, 1.82) is 0 Å². The lowest BCUT2D eigenvalue weighted by Gasteiger charge is -2.56. The molecule has 0 aromatic heterocycles. The van der Waals surface area contributed by atoms with Gasteiger partial charge < -0.3 is 0 Å². The molecule has 15 saturated carbocycles. The maximum Gasteiger partial charge on any atom is 0.0300 e. The molecule has 15 rings (SSSR count). The maximum atomic E-state index is 7.49. The molecule has 15 aliphatic carbocycles. The minimum Gasteiger partial charge on any atom is -0.0651 e. The minimum absolute atomic E-state index is 0.0556. The van der Waals surface area contributed by atoms with Crippen molar-refractivity contribution in [3.05, 3.63) is 0 Å². The quantitative estimate of drug-likeness (QED) is 0.259. The smallest absolute Gasteiger partial charge is 0.0300 e. The fraction of sp³-hybridized carbons (Fsp3) is 1.00. The molecule has 87 heavy (non-hydrogen) atoms. The molecule has 0 nitrogen and oxygen atoms in total. The Labute approximate surface area is 563 Å². The molecule has 15 fully saturated rings. The summed E-state index contributed by atoms with van der Waals surface area (Å²) in [5.74, 6) is 10.0. The largest absolute Gasteiger partial charge is 0.0651 e. The Balaban J connectivity index is 0.000000228. The van der Waals surface area contributed by atoms with Gasteiger partial charge in [-0.15, -0.1) is 0 Å². The van der Waals surface area contributed by atoms with Gasteiger partial charge >= 0.3 is 0 Å². The number of rotatable bonds is 2. The Hall–Kier alpha value is 0. The SMILES string of the molecule is CC(C)(C)C.CC12CC3CC(CC(C3)C1)C2.CC1CCC2(CC1)CCC(C)(C)CC2.CC1CCC2(CCCC2)CC1.CC1CCC2(CCCCC2)CC1.CCC12CC3CC(CC(C3)C1)C2.[2H]C([2H])(C)C(C)(C)C.[2H]C([2H])(C)C(C)C.[2H]C([2H])([2H])C(C)(C)C.[2H]C1(C)CCCC1. The average molecular weight is 1220 g/mol. The highest BCUT2D eigenvalue weighted by Gasteiger charge is 2.50. The van der Waals surface area contributed by atoms with Crippen molar-refractivity contribution in [3.63, 3.8) is 0 Å². The predicted molar refractivity (Wildman–Crippen MR) is 394 cm³/mol. The molecule has 0 heteroatoms. The van der Waals surface area contributed by atoms with Crippen LogP contribution >= 0.6 is 0 Å². The van der Waals surface area contributed by atoms with Crippen LogP contribution in [0, 0.1) is 114 Å². The summed E-state index contributed by atoms with van der Waals surface area (Å²) < 4.78 is 56.8. The molecule has 516 valence electrons. The van der Waals surface area contributed by atoms with Crippen LogP contribution < -0.4 is 0 Å². The first-order chi connectivity index (χ1) is 43.3. The zero-order valence-electron chi connectivity index (χ0n) is 72.0. The lowest BCUT2D eigenvalue weighted by Crippen LogP contribution is -2.45. The highest BCUT2D eigenvalue weighted by atomic mass is 14.6. The van der Waals surface area contributed by atoms with Crippen LogP contribution in [0.3, 0.4) is 0 Å². The molecule has 0 saturated heterocycles. The molecule has 0 N–H and O–H groups in total. The molecule has 0 atom stereocenters. The Morgan fingerprint density at radius 2 is 0.667 bits per heavy atom. The van der Waals surface area contributed by atoms with Gasteiger partial charge in [0.2, 0.25) is 0 Å². The van der Waals surface area contributed by atoms with Crippen LogP contribution in [-0.4, -0.2) is 0 Å². The van der Waals surface area contributed by atoms with Crippen molar-refractivity contribution in [2.75, 3.05) is 0 Å². The lowest BCUT2D eigenvalue weighted by atomic mass is 9.49. The van der Waals surface area contributed by atoms with Gasteiger partial charge in [-0.3, -0.25) is 0 Å². The van der Waals surface area contributed by atoms with E-state index in [4.69, 9.17) is 11.0 Å². The second-order valence-electron chi connectivity index (χ2n) is 39.8. The van der Waals surface area contributed by atoms with E-state index in [9.17, 15) is 0 Å². The third-order valence-corrected chi connectivity index (χ3v) is 25.3. The molecule has 0 heterocycles. The summed E-state index contributed by atoms with van der Waals surface area (Å²) in [6.45, 7) is 43.9. The maximum absolute atomic E-state index is 7.49. The van der Waals surface area contributed by atoms with Crippen LogP contribution in [0.15, 0.2) is 0 Å². The van der Waals surface area contributed by atoms with E-state index < -0.39 is 25.0 Å². The van der Waals surface area contributed by atoms with Gasteiger partial charge in [0.25, 0.3) is 0 Å². The molecular formula is C87H168. The van der Waals surface area contributed by atoms with E-state index in [2.05, 4.69) is 76.2 Å². The van der Waals surface area contributed by atoms with E-state index >= 15 is 0 Å². The Kier molecular flexibility index (Phi) is 27.9. The van der Waals surface area contributed by atoms with Crippen molar-refractivity contribution >= 4 is 0 Å². The zero-order valence-corrected chi connectivity index (χ0v) is 64.0. The predicted octanol–water partition coefficient (Wildman–Crippen LogP) is 30.3.